The molecule has 1 amide bonds. The molecule has 0 spiro atoms. The number of aromatic nitrogens is 1. The number of alkyl halides is 3. The van der Waals surface area contributed by atoms with Crippen LogP contribution < -0.4 is 10.0 Å². The summed E-state index contributed by atoms with van der Waals surface area (Å²) in [5, 5.41) is 2.93. The van der Waals surface area contributed by atoms with Crippen molar-refractivity contribution in [3.63, 3.8) is 0 Å². The van der Waals surface area contributed by atoms with Gasteiger partial charge in [0.05, 0.1) is 16.0 Å². The van der Waals surface area contributed by atoms with Gasteiger partial charge in [-0.2, -0.15) is 13.2 Å². The van der Waals surface area contributed by atoms with Gasteiger partial charge in [0.25, 0.3) is 5.91 Å². The molecule has 0 saturated carbocycles. The number of carbonyl (C=O) groups is 1. The van der Waals surface area contributed by atoms with E-state index in [4.69, 9.17) is 11.6 Å². The molecule has 2 aromatic carbocycles. The topological polar surface area (TPSA) is 54.0 Å². The molecule has 0 unspecified atom stereocenters. The molecule has 0 atom stereocenters. The average Bonchev–Trinajstić information content (AvgIpc) is 2.68. The zero-order valence-corrected chi connectivity index (χ0v) is 16.9. The molecule has 0 saturated heterocycles. The summed E-state index contributed by atoms with van der Waals surface area (Å²) in [5.41, 5.74) is -0.639. The normalized spacial score (nSPS) is 11.3. The Morgan fingerprint density at radius 1 is 1.07 bits per heavy atom. The SMILES string of the molecule is Cc1cc(C(=O)Nc2ccc(F)c(SNc3ccc(Cl)cc3)c2)c(C(F)(F)F)cn1. The second-order valence-corrected chi connectivity index (χ2v) is 7.46. The number of nitrogens with one attached hydrogen (secondary N) is 2. The fourth-order valence-corrected chi connectivity index (χ4v) is 3.30. The Balaban J connectivity index is 1.79. The van der Waals surface area contributed by atoms with E-state index in [-0.39, 0.29) is 16.3 Å². The molecule has 3 aromatic rings. The van der Waals surface area contributed by atoms with Gasteiger partial charge >= 0.3 is 6.18 Å². The zero-order valence-electron chi connectivity index (χ0n) is 15.3. The van der Waals surface area contributed by atoms with Crippen LogP contribution in [0.1, 0.15) is 21.6 Å². The lowest BCUT2D eigenvalue weighted by atomic mass is 10.1. The van der Waals surface area contributed by atoms with Crippen LogP contribution in [0.4, 0.5) is 28.9 Å². The highest BCUT2D eigenvalue weighted by molar-refractivity contribution is 8.00. The first kappa shape index (κ1) is 21.9. The van der Waals surface area contributed by atoms with Crippen molar-refractivity contribution in [3.05, 3.63) is 82.4 Å². The fourth-order valence-electron chi connectivity index (χ4n) is 2.46. The third kappa shape index (κ3) is 5.43. The molecule has 10 heteroatoms. The van der Waals surface area contributed by atoms with E-state index in [1.165, 1.54) is 19.1 Å². The van der Waals surface area contributed by atoms with Crippen LogP contribution in [0, 0.1) is 12.7 Å². The maximum atomic E-state index is 14.1. The fraction of sp³-hybridized carbons (Fsp3) is 0.100. The van der Waals surface area contributed by atoms with E-state index >= 15 is 0 Å². The Morgan fingerprint density at radius 3 is 2.40 bits per heavy atom. The lowest BCUT2D eigenvalue weighted by molar-refractivity contribution is -0.138. The highest BCUT2D eigenvalue weighted by Gasteiger charge is 2.35. The second kappa shape index (κ2) is 8.93. The summed E-state index contributed by atoms with van der Waals surface area (Å²) in [6.07, 6.45) is -4.12. The van der Waals surface area contributed by atoms with Gasteiger partial charge in [0, 0.05) is 28.3 Å². The molecule has 0 aliphatic heterocycles. The van der Waals surface area contributed by atoms with Crippen LogP contribution in [0.25, 0.3) is 0 Å². The van der Waals surface area contributed by atoms with Crippen LogP contribution in [0.5, 0.6) is 0 Å². The summed E-state index contributed by atoms with van der Waals surface area (Å²) in [6, 6.07) is 11.5. The first-order valence-corrected chi connectivity index (χ1v) is 9.66. The lowest BCUT2D eigenvalue weighted by Gasteiger charge is -2.14. The maximum absolute atomic E-state index is 14.1. The molecule has 3 rings (SSSR count). The molecule has 0 bridgehead atoms. The number of hydrogen-bond acceptors (Lipinski definition) is 4. The van der Waals surface area contributed by atoms with Crippen molar-refractivity contribution in [2.24, 2.45) is 0 Å². The molecule has 0 aliphatic rings. The average molecular weight is 456 g/mol. The third-order valence-electron chi connectivity index (χ3n) is 3.90. The highest BCUT2D eigenvalue weighted by Crippen LogP contribution is 2.33. The Bertz CT molecular complexity index is 1070. The number of aryl methyl sites for hydroxylation is 1. The van der Waals surface area contributed by atoms with Crippen LogP contribution in [0.15, 0.2) is 59.6 Å². The van der Waals surface area contributed by atoms with E-state index in [1.54, 1.807) is 24.3 Å². The van der Waals surface area contributed by atoms with E-state index in [0.29, 0.717) is 16.9 Å². The van der Waals surface area contributed by atoms with Gasteiger partial charge in [-0.1, -0.05) is 11.6 Å². The van der Waals surface area contributed by atoms with Gasteiger partial charge in [-0.25, -0.2) is 4.39 Å². The summed E-state index contributed by atoms with van der Waals surface area (Å²) in [6.45, 7) is 1.48. The minimum atomic E-state index is -4.74. The monoisotopic (exact) mass is 455 g/mol. The molecule has 156 valence electrons. The molecule has 30 heavy (non-hydrogen) atoms. The molecule has 0 aliphatic carbocycles. The van der Waals surface area contributed by atoms with Crippen LogP contribution in [0.2, 0.25) is 5.02 Å². The van der Waals surface area contributed by atoms with Gasteiger partial charge in [0.15, 0.2) is 0 Å². The Hall–Kier alpha value is -2.78. The van der Waals surface area contributed by atoms with E-state index in [1.807, 2.05) is 0 Å². The smallest absolute Gasteiger partial charge is 0.326 e. The summed E-state index contributed by atoms with van der Waals surface area (Å²) in [7, 11) is 0. The number of halogens is 5. The second-order valence-electron chi connectivity index (χ2n) is 6.18. The summed E-state index contributed by atoms with van der Waals surface area (Å²) < 4.78 is 56.6. The van der Waals surface area contributed by atoms with Gasteiger partial charge in [-0.15, -0.1) is 0 Å². The summed E-state index contributed by atoms with van der Waals surface area (Å²) >= 11 is 6.76. The Morgan fingerprint density at radius 2 is 1.73 bits per heavy atom. The minimum absolute atomic E-state index is 0.143. The molecule has 0 radical (unpaired) electrons. The largest absolute Gasteiger partial charge is 0.418 e. The first-order valence-electron chi connectivity index (χ1n) is 8.46. The maximum Gasteiger partial charge on any atom is 0.418 e. The molecular weight excluding hydrogens is 442 g/mol. The van der Waals surface area contributed by atoms with E-state index < -0.39 is 29.0 Å². The van der Waals surface area contributed by atoms with Crippen molar-refractivity contribution in [2.75, 3.05) is 10.0 Å². The van der Waals surface area contributed by atoms with Crippen LogP contribution in [-0.4, -0.2) is 10.9 Å². The number of amides is 1. The van der Waals surface area contributed by atoms with Gasteiger partial charge in [-0.05, 0) is 67.4 Å². The van der Waals surface area contributed by atoms with E-state index in [2.05, 4.69) is 15.0 Å². The Kier molecular flexibility index (Phi) is 6.52. The minimum Gasteiger partial charge on any atom is -0.326 e. The molecule has 0 fully saturated rings. The van der Waals surface area contributed by atoms with Gasteiger partial charge in [-0.3, -0.25) is 9.78 Å². The number of anilines is 2. The van der Waals surface area contributed by atoms with Gasteiger partial charge in [0.1, 0.15) is 5.82 Å². The van der Waals surface area contributed by atoms with Crippen LogP contribution >= 0.6 is 23.5 Å². The number of benzene rings is 2. The van der Waals surface area contributed by atoms with E-state index in [0.717, 1.165) is 24.1 Å². The van der Waals surface area contributed by atoms with Crippen LogP contribution in [-0.2, 0) is 6.18 Å². The predicted octanol–water partition coefficient (Wildman–Crippen LogP) is 6.57. The number of hydrogen-bond donors (Lipinski definition) is 2. The van der Waals surface area contributed by atoms with Crippen molar-refractivity contribution in [3.8, 4) is 0 Å². The zero-order chi connectivity index (χ0) is 21.9. The molecule has 4 nitrogen and oxygen atoms in total. The number of carbonyl (C=O) groups excluding carboxylic acids is 1. The van der Waals surface area contributed by atoms with Crippen molar-refractivity contribution in [2.45, 2.75) is 18.0 Å². The quantitative estimate of drug-likeness (QED) is 0.337. The number of rotatable bonds is 5. The highest BCUT2D eigenvalue weighted by atomic mass is 35.5. The predicted molar refractivity (Wildman–Crippen MR) is 109 cm³/mol. The van der Waals surface area contributed by atoms with Crippen LogP contribution in [0.3, 0.4) is 0 Å². The molecule has 1 aromatic heterocycles. The standard InChI is InChI=1S/C20H14ClF4N3OS/c1-11-8-15(16(10-26-11)20(23,24)25)19(29)27-14-6-7-17(22)18(9-14)30-28-13-4-2-12(21)3-5-13/h2-10,28H,1H3,(H,27,29). The van der Waals surface area contributed by atoms with Crippen molar-refractivity contribution in [1.82, 2.24) is 4.98 Å². The number of pyridine rings is 1. The molecular formula is C20H14ClF4N3OS. The third-order valence-corrected chi connectivity index (χ3v) is 5.03. The van der Waals surface area contributed by atoms with Crippen molar-refractivity contribution in [1.29, 1.82) is 0 Å². The van der Waals surface area contributed by atoms with E-state index in [9.17, 15) is 22.4 Å². The summed E-state index contributed by atoms with van der Waals surface area (Å²) in [5.74, 6) is -1.53. The molecule has 2 N–H and O–H groups in total. The summed E-state index contributed by atoms with van der Waals surface area (Å²) in [4.78, 5) is 16.2. The first-order chi connectivity index (χ1) is 14.1. The van der Waals surface area contributed by atoms with Crippen molar-refractivity contribution < 1.29 is 22.4 Å². The number of nitrogens with zero attached hydrogens (tertiary/aromatic N) is 1. The van der Waals surface area contributed by atoms with Gasteiger partial charge < -0.3 is 10.0 Å². The Labute approximate surface area is 178 Å². The van der Waals surface area contributed by atoms with Crippen molar-refractivity contribution >= 4 is 40.8 Å². The van der Waals surface area contributed by atoms with Gasteiger partial charge in [0.2, 0.25) is 0 Å². The molecule has 1 heterocycles. The lowest BCUT2D eigenvalue weighted by Crippen LogP contribution is -2.19.